The molecule has 0 spiro atoms. The first-order valence-electron chi connectivity index (χ1n) is 7.85. The van der Waals surface area contributed by atoms with Crippen LogP contribution >= 0.6 is 11.3 Å². The molecule has 3 aromatic rings. The Morgan fingerprint density at radius 1 is 1.17 bits per heavy atom. The lowest BCUT2D eigenvalue weighted by Gasteiger charge is -2.24. The van der Waals surface area contributed by atoms with Crippen LogP contribution in [-0.4, -0.2) is 5.91 Å². The molecule has 4 heteroatoms. The Morgan fingerprint density at radius 3 is 2.71 bits per heavy atom. The number of carbonyl (C=O) groups excluding carboxylic acids is 1. The van der Waals surface area contributed by atoms with Gasteiger partial charge in [-0.05, 0) is 30.2 Å². The molecule has 0 radical (unpaired) electrons. The third kappa shape index (κ3) is 2.63. The van der Waals surface area contributed by atoms with Gasteiger partial charge in [0.1, 0.15) is 5.82 Å². The summed E-state index contributed by atoms with van der Waals surface area (Å²) in [6, 6.07) is 14.8. The summed E-state index contributed by atoms with van der Waals surface area (Å²) in [5.41, 5.74) is 4.85. The van der Waals surface area contributed by atoms with Crippen molar-refractivity contribution in [3.8, 4) is 11.1 Å². The van der Waals surface area contributed by atoms with Crippen molar-refractivity contribution in [2.75, 3.05) is 5.32 Å². The Hall–Kier alpha value is -2.46. The molecule has 0 fully saturated rings. The number of rotatable bonds is 2. The van der Waals surface area contributed by atoms with E-state index in [1.165, 1.54) is 17.7 Å². The van der Waals surface area contributed by atoms with Crippen molar-refractivity contribution in [2.45, 2.75) is 19.3 Å². The van der Waals surface area contributed by atoms with Crippen molar-refractivity contribution >= 4 is 22.9 Å². The van der Waals surface area contributed by atoms with Crippen LogP contribution in [0.15, 0.2) is 53.9 Å². The minimum Gasteiger partial charge on any atom is -0.325 e. The van der Waals surface area contributed by atoms with Gasteiger partial charge in [-0.3, -0.25) is 4.79 Å². The molecule has 1 amide bonds. The predicted molar refractivity (Wildman–Crippen MR) is 96.0 cm³/mol. The normalized spacial score (nSPS) is 16.6. The lowest BCUT2D eigenvalue weighted by Crippen LogP contribution is -2.22. The molecule has 0 aliphatic carbocycles. The zero-order valence-electron chi connectivity index (χ0n) is 13.2. The Morgan fingerprint density at radius 2 is 1.96 bits per heavy atom. The lowest BCUT2D eigenvalue weighted by atomic mass is 9.89. The fourth-order valence-corrected chi connectivity index (χ4v) is 4.32. The summed E-state index contributed by atoms with van der Waals surface area (Å²) < 4.78 is 13.6. The molecule has 0 bridgehead atoms. The van der Waals surface area contributed by atoms with Crippen LogP contribution in [0, 0.1) is 12.7 Å². The van der Waals surface area contributed by atoms with Gasteiger partial charge < -0.3 is 5.32 Å². The van der Waals surface area contributed by atoms with E-state index < -0.39 is 0 Å². The van der Waals surface area contributed by atoms with Crippen LogP contribution < -0.4 is 5.32 Å². The number of benzene rings is 2. The van der Waals surface area contributed by atoms with Gasteiger partial charge in [0.2, 0.25) is 5.91 Å². The highest BCUT2D eigenvalue weighted by Gasteiger charge is 2.30. The van der Waals surface area contributed by atoms with Gasteiger partial charge in [-0.1, -0.05) is 42.0 Å². The number of anilines is 1. The average Bonchev–Trinajstić information content (AvgIpc) is 2.98. The maximum atomic E-state index is 13.6. The summed E-state index contributed by atoms with van der Waals surface area (Å²) in [7, 11) is 0. The van der Waals surface area contributed by atoms with Crippen LogP contribution in [0.25, 0.3) is 11.1 Å². The lowest BCUT2D eigenvalue weighted by molar-refractivity contribution is -0.116. The minimum atomic E-state index is -0.273. The predicted octanol–water partition coefficient (Wildman–Crippen LogP) is 5.34. The van der Waals surface area contributed by atoms with Crippen LogP contribution in [0.3, 0.4) is 0 Å². The first kappa shape index (κ1) is 15.1. The molecule has 0 saturated carbocycles. The Bertz CT molecular complexity index is 914. The smallest absolute Gasteiger partial charge is 0.225 e. The van der Waals surface area contributed by atoms with Crippen molar-refractivity contribution in [3.05, 3.63) is 75.7 Å². The molecular formula is C20H16FNOS. The maximum Gasteiger partial charge on any atom is 0.225 e. The van der Waals surface area contributed by atoms with Crippen LogP contribution in [-0.2, 0) is 4.79 Å². The second kappa shape index (κ2) is 5.87. The van der Waals surface area contributed by atoms with Gasteiger partial charge in [0.05, 0.1) is 5.69 Å². The molecule has 1 aliphatic rings. The fraction of sp³-hybridized carbons (Fsp3) is 0.150. The number of nitrogens with one attached hydrogen (secondary N) is 1. The van der Waals surface area contributed by atoms with Crippen LogP contribution in [0.5, 0.6) is 0 Å². The fourth-order valence-electron chi connectivity index (χ4n) is 3.16. The van der Waals surface area contributed by atoms with Crippen LogP contribution in [0.4, 0.5) is 10.1 Å². The molecule has 1 atom stereocenters. The number of amides is 1. The van der Waals surface area contributed by atoms with E-state index in [2.05, 4.69) is 36.5 Å². The quantitative estimate of drug-likeness (QED) is 0.672. The highest BCUT2D eigenvalue weighted by molar-refractivity contribution is 7.11. The molecule has 0 saturated heterocycles. The van der Waals surface area contributed by atoms with Crippen molar-refractivity contribution in [1.82, 2.24) is 0 Å². The van der Waals surface area contributed by atoms with Crippen LogP contribution in [0.2, 0.25) is 0 Å². The number of hydrogen-bond acceptors (Lipinski definition) is 2. The molecular weight excluding hydrogens is 321 g/mol. The van der Waals surface area contributed by atoms with E-state index in [9.17, 15) is 9.18 Å². The Balaban J connectivity index is 1.81. The third-order valence-electron chi connectivity index (χ3n) is 4.41. The van der Waals surface area contributed by atoms with E-state index in [0.717, 1.165) is 27.3 Å². The number of fused-ring (bicyclic) bond motifs is 1. The van der Waals surface area contributed by atoms with Gasteiger partial charge in [-0.15, -0.1) is 11.3 Å². The minimum absolute atomic E-state index is 0.00382. The Labute approximate surface area is 144 Å². The van der Waals surface area contributed by atoms with Gasteiger partial charge in [0.15, 0.2) is 0 Å². The van der Waals surface area contributed by atoms with Gasteiger partial charge in [-0.25, -0.2) is 4.39 Å². The average molecular weight is 337 g/mol. The summed E-state index contributed by atoms with van der Waals surface area (Å²) in [5.74, 6) is -0.213. The monoisotopic (exact) mass is 337 g/mol. The van der Waals surface area contributed by atoms with Crippen molar-refractivity contribution in [3.63, 3.8) is 0 Å². The van der Waals surface area contributed by atoms with Gasteiger partial charge in [0, 0.05) is 28.2 Å². The van der Waals surface area contributed by atoms with E-state index in [1.807, 2.05) is 11.4 Å². The zero-order chi connectivity index (χ0) is 16.7. The molecule has 1 N–H and O–H groups in total. The number of hydrogen-bond donors (Lipinski definition) is 1. The third-order valence-corrected chi connectivity index (χ3v) is 5.50. The number of carbonyl (C=O) groups is 1. The second-order valence-corrected chi connectivity index (χ2v) is 7.03. The van der Waals surface area contributed by atoms with E-state index in [4.69, 9.17) is 0 Å². The van der Waals surface area contributed by atoms with E-state index in [1.54, 1.807) is 17.4 Å². The molecule has 0 unspecified atom stereocenters. The summed E-state index contributed by atoms with van der Waals surface area (Å²) in [6.45, 7) is 2.05. The van der Waals surface area contributed by atoms with Gasteiger partial charge >= 0.3 is 0 Å². The summed E-state index contributed by atoms with van der Waals surface area (Å²) in [6.07, 6.45) is 0.444. The SMILES string of the molecule is Cc1ccc([C@@H]2CC(=O)Nc3c(-c4cccc(F)c4)csc32)cc1. The largest absolute Gasteiger partial charge is 0.325 e. The van der Waals surface area contributed by atoms with Crippen molar-refractivity contribution in [2.24, 2.45) is 0 Å². The first-order chi connectivity index (χ1) is 11.6. The highest BCUT2D eigenvalue weighted by atomic mass is 32.1. The maximum absolute atomic E-state index is 13.6. The zero-order valence-corrected chi connectivity index (χ0v) is 14.0. The molecule has 2 heterocycles. The number of halogens is 1. The summed E-state index contributed by atoms with van der Waals surface area (Å²) >= 11 is 1.62. The summed E-state index contributed by atoms with van der Waals surface area (Å²) in [5, 5.41) is 4.99. The topological polar surface area (TPSA) is 29.1 Å². The second-order valence-electron chi connectivity index (χ2n) is 6.11. The molecule has 2 nitrogen and oxygen atoms in total. The molecule has 120 valence electrons. The Kier molecular flexibility index (Phi) is 3.69. The van der Waals surface area contributed by atoms with E-state index >= 15 is 0 Å². The van der Waals surface area contributed by atoms with E-state index in [-0.39, 0.29) is 17.6 Å². The van der Waals surface area contributed by atoms with Gasteiger partial charge in [0.25, 0.3) is 0 Å². The van der Waals surface area contributed by atoms with E-state index in [0.29, 0.717) is 6.42 Å². The standard InChI is InChI=1S/C20H16FNOS/c1-12-5-7-13(8-6-12)16-10-18(23)22-19-17(11-24-20(16)19)14-3-2-4-15(21)9-14/h2-9,11,16H,10H2,1H3,(H,22,23)/t16-/m0/s1. The van der Waals surface area contributed by atoms with Crippen LogP contribution in [0.1, 0.15) is 28.3 Å². The van der Waals surface area contributed by atoms with Gasteiger partial charge in [-0.2, -0.15) is 0 Å². The number of thiophene rings is 1. The number of aryl methyl sites for hydroxylation is 1. The first-order valence-corrected chi connectivity index (χ1v) is 8.73. The highest BCUT2D eigenvalue weighted by Crippen LogP contribution is 2.46. The molecule has 1 aliphatic heterocycles. The molecule has 1 aromatic heterocycles. The van der Waals surface area contributed by atoms with Crippen molar-refractivity contribution in [1.29, 1.82) is 0 Å². The molecule has 4 rings (SSSR count). The van der Waals surface area contributed by atoms with Crippen molar-refractivity contribution < 1.29 is 9.18 Å². The molecule has 24 heavy (non-hydrogen) atoms. The summed E-state index contributed by atoms with van der Waals surface area (Å²) in [4.78, 5) is 13.4. The molecule has 2 aromatic carbocycles.